The number of halogens is 1. The number of hydrogen-bond donors (Lipinski definition) is 1. The molecule has 1 heterocycles. The van der Waals surface area contributed by atoms with Crippen molar-refractivity contribution in [3.63, 3.8) is 0 Å². The number of likely N-dealkylation sites (N-methyl/N-ethyl adjacent to an activating group) is 1. The Kier molecular flexibility index (Phi) is 7.55. The molecule has 0 aliphatic rings. The highest BCUT2D eigenvalue weighted by Gasteiger charge is 2.09. The van der Waals surface area contributed by atoms with E-state index >= 15 is 0 Å². The van der Waals surface area contributed by atoms with Gasteiger partial charge in [0.25, 0.3) is 5.91 Å². The number of hydrogen-bond acceptors (Lipinski definition) is 3. The summed E-state index contributed by atoms with van der Waals surface area (Å²) < 4.78 is 0. The number of pyridine rings is 1. The zero-order valence-corrected chi connectivity index (χ0v) is 13.3. The second-order valence-corrected chi connectivity index (χ2v) is 5.10. The lowest BCUT2D eigenvalue weighted by molar-refractivity contribution is 0.0948. The molecule has 4 nitrogen and oxygen atoms in total. The third kappa shape index (κ3) is 5.47. The summed E-state index contributed by atoms with van der Waals surface area (Å²) in [5.41, 5.74) is 1.42. The summed E-state index contributed by atoms with van der Waals surface area (Å²) in [6.07, 6.45) is 1.89. The third-order valence-electron chi connectivity index (χ3n) is 3.17. The summed E-state index contributed by atoms with van der Waals surface area (Å²) in [4.78, 5) is 18.6. The van der Waals surface area contributed by atoms with Crippen molar-refractivity contribution in [1.82, 2.24) is 15.2 Å². The maximum atomic E-state index is 12.1. The van der Waals surface area contributed by atoms with Crippen LogP contribution in [0.1, 0.15) is 43.2 Å². The molecule has 0 fully saturated rings. The molecular weight excluding hydrogens is 274 g/mol. The first-order valence-corrected chi connectivity index (χ1v) is 7.65. The molecule has 0 aliphatic heterocycles. The minimum absolute atomic E-state index is 0.0865. The van der Waals surface area contributed by atoms with Crippen molar-refractivity contribution in [2.24, 2.45) is 0 Å². The fraction of sp³-hybridized carbons (Fsp3) is 0.600. The van der Waals surface area contributed by atoms with Crippen molar-refractivity contribution >= 4 is 17.5 Å². The topological polar surface area (TPSA) is 45.2 Å². The Bertz CT molecular complexity index is 437. The Morgan fingerprint density at radius 1 is 1.30 bits per heavy atom. The Hall–Kier alpha value is -1.13. The van der Waals surface area contributed by atoms with E-state index < -0.39 is 0 Å². The van der Waals surface area contributed by atoms with Crippen LogP contribution in [0.25, 0.3) is 0 Å². The highest BCUT2D eigenvalue weighted by Crippen LogP contribution is 2.11. The molecule has 20 heavy (non-hydrogen) atoms. The van der Waals surface area contributed by atoms with Gasteiger partial charge in [0.2, 0.25) is 0 Å². The fourth-order valence-corrected chi connectivity index (χ4v) is 2.26. The van der Waals surface area contributed by atoms with Gasteiger partial charge in [0.05, 0.1) is 0 Å². The lowest BCUT2D eigenvalue weighted by atomic mass is 10.2. The second-order valence-electron chi connectivity index (χ2n) is 4.71. The lowest BCUT2D eigenvalue weighted by Gasteiger charge is -2.19. The van der Waals surface area contributed by atoms with E-state index in [-0.39, 0.29) is 5.91 Å². The Labute approximate surface area is 126 Å². The van der Waals surface area contributed by atoms with Crippen LogP contribution in [0.3, 0.4) is 0 Å². The van der Waals surface area contributed by atoms with Crippen molar-refractivity contribution in [2.45, 2.75) is 33.6 Å². The second kappa shape index (κ2) is 8.93. The van der Waals surface area contributed by atoms with Gasteiger partial charge in [-0.05, 0) is 38.1 Å². The number of nitrogens with zero attached hydrogens (tertiary/aromatic N) is 2. The van der Waals surface area contributed by atoms with Gasteiger partial charge in [-0.1, -0.05) is 32.4 Å². The molecule has 1 aromatic rings. The van der Waals surface area contributed by atoms with Crippen LogP contribution in [0.2, 0.25) is 5.15 Å². The zero-order chi connectivity index (χ0) is 15.0. The van der Waals surface area contributed by atoms with Crippen LogP contribution in [-0.2, 0) is 6.42 Å². The van der Waals surface area contributed by atoms with Gasteiger partial charge in [0, 0.05) is 24.3 Å². The Balaban J connectivity index is 2.52. The van der Waals surface area contributed by atoms with Gasteiger partial charge in [0.1, 0.15) is 5.15 Å². The van der Waals surface area contributed by atoms with Gasteiger partial charge >= 0.3 is 0 Å². The highest BCUT2D eigenvalue weighted by molar-refractivity contribution is 6.29. The largest absolute Gasteiger partial charge is 0.351 e. The van der Waals surface area contributed by atoms with Crippen LogP contribution in [0.4, 0.5) is 0 Å². The first-order valence-electron chi connectivity index (χ1n) is 7.27. The molecule has 0 saturated carbocycles. The monoisotopic (exact) mass is 297 g/mol. The van der Waals surface area contributed by atoms with E-state index in [1.54, 1.807) is 12.1 Å². The molecule has 1 rings (SSSR count). The first-order chi connectivity index (χ1) is 9.60. The molecule has 0 aromatic carbocycles. The molecule has 0 unspecified atom stereocenters. The van der Waals surface area contributed by atoms with Crippen LogP contribution in [-0.4, -0.2) is 42.0 Å². The molecule has 0 bridgehead atoms. The maximum absolute atomic E-state index is 12.1. The summed E-state index contributed by atoms with van der Waals surface area (Å²) >= 11 is 5.92. The van der Waals surface area contributed by atoms with E-state index in [0.717, 1.165) is 38.2 Å². The Morgan fingerprint density at radius 2 is 2.05 bits per heavy atom. The van der Waals surface area contributed by atoms with Gasteiger partial charge < -0.3 is 10.2 Å². The van der Waals surface area contributed by atoms with Crippen molar-refractivity contribution in [3.8, 4) is 0 Å². The fourth-order valence-electron chi connectivity index (χ4n) is 2.04. The van der Waals surface area contributed by atoms with E-state index in [1.165, 1.54) is 0 Å². The summed E-state index contributed by atoms with van der Waals surface area (Å²) in [7, 11) is 0. The number of carbonyl (C=O) groups excluding carboxylic acids is 1. The molecule has 0 aliphatic carbocycles. The van der Waals surface area contributed by atoms with Crippen molar-refractivity contribution in [3.05, 3.63) is 28.5 Å². The van der Waals surface area contributed by atoms with Crippen LogP contribution in [0.15, 0.2) is 12.1 Å². The summed E-state index contributed by atoms with van der Waals surface area (Å²) in [5, 5.41) is 3.30. The number of nitrogens with one attached hydrogen (secondary N) is 1. The van der Waals surface area contributed by atoms with Gasteiger partial charge in [-0.2, -0.15) is 0 Å². The lowest BCUT2D eigenvalue weighted by Crippen LogP contribution is -2.35. The van der Waals surface area contributed by atoms with Gasteiger partial charge in [0.15, 0.2) is 0 Å². The SMILES string of the molecule is CCCN(CC)CCNC(=O)c1cc(Cl)nc(CC)c1. The van der Waals surface area contributed by atoms with E-state index in [2.05, 4.69) is 29.0 Å². The quantitative estimate of drug-likeness (QED) is 0.751. The summed E-state index contributed by atoms with van der Waals surface area (Å²) in [6.45, 7) is 9.87. The number of carbonyl (C=O) groups is 1. The van der Waals surface area contributed by atoms with E-state index in [9.17, 15) is 4.79 Å². The predicted molar refractivity (Wildman–Crippen MR) is 83.4 cm³/mol. The van der Waals surface area contributed by atoms with Crippen molar-refractivity contribution in [2.75, 3.05) is 26.2 Å². The predicted octanol–water partition coefficient (Wildman–Crippen LogP) is 2.76. The minimum atomic E-state index is -0.0865. The number of aromatic nitrogens is 1. The average Bonchev–Trinajstić information content (AvgIpc) is 2.45. The van der Waals surface area contributed by atoms with Crippen molar-refractivity contribution < 1.29 is 4.79 Å². The third-order valence-corrected chi connectivity index (χ3v) is 3.37. The minimum Gasteiger partial charge on any atom is -0.351 e. The molecule has 0 spiro atoms. The molecular formula is C15H24ClN3O. The molecule has 1 aromatic heterocycles. The van der Waals surface area contributed by atoms with E-state index in [4.69, 9.17) is 11.6 Å². The molecule has 5 heteroatoms. The molecule has 1 amide bonds. The van der Waals surface area contributed by atoms with Gasteiger partial charge in [-0.25, -0.2) is 4.98 Å². The van der Waals surface area contributed by atoms with Crippen LogP contribution < -0.4 is 5.32 Å². The molecule has 0 atom stereocenters. The highest BCUT2D eigenvalue weighted by atomic mass is 35.5. The Morgan fingerprint density at radius 3 is 2.65 bits per heavy atom. The molecule has 0 radical (unpaired) electrons. The number of rotatable bonds is 8. The van der Waals surface area contributed by atoms with Crippen LogP contribution in [0.5, 0.6) is 0 Å². The summed E-state index contributed by atoms with van der Waals surface area (Å²) in [5.74, 6) is -0.0865. The maximum Gasteiger partial charge on any atom is 0.251 e. The summed E-state index contributed by atoms with van der Waals surface area (Å²) in [6, 6.07) is 3.41. The zero-order valence-electron chi connectivity index (χ0n) is 12.6. The molecule has 1 N–H and O–H groups in total. The van der Waals surface area contributed by atoms with Crippen LogP contribution in [0, 0.1) is 0 Å². The number of amides is 1. The first kappa shape index (κ1) is 16.9. The smallest absolute Gasteiger partial charge is 0.251 e. The van der Waals surface area contributed by atoms with Crippen molar-refractivity contribution in [1.29, 1.82) is 0 Å². The van der Waals surface area contributed by atoms with E-state index in [0.29, 0.717) is 17.3 Å². The average molecular weight is 298 g/mol. The standard InChI is InChI=1S/C15H24ClN3O/c1-4-8-19(6-3)9-7-17-15(20)12-10-13(5-2)18-14(16)11-12/h10-11H,4-9H2,1-3H3,(H,17,20). The normalized spacial score (nSPS) is 10.8. The molecule has 112 valence electrons. The van der Waals surface area contributed by atoms with E-state index in [1.807, 2.05) is 6.92 Å². The van der Waals surface area contributed by atoms with Crippen LogP contribution >= 0.6 is 11.6 Å². The molecule has 0 saturated heterocycles. The van der Waals surface area contributed by atoms with Gasteiger partial charge in [-0.15, -0.1) is 0 Å². The van der Waals surface area contributed by atoms with Gasteiger partial charge in [-0.3, -0.25) is 4.79 Å². The number of aryl methyl sites for hydroxylation is 1.